The Kier molecular flexibility index (Phi) is 3.78. The van der Waals surface area contributed by atoms with Crippen LogP contribution in [-0.2, 0) is 6.42 Å². The number of aromatic nitrogens is 1. The number of hydrogen-bond donors (Lipinski definition) is 3. The third-order valence-electron chi connectivity index (χ3n) is 2.38. The minimum atomic E-state index is -0.372. The Hall–Kier alpha value is -2.08. The van der Waals surface area contributed by atoms with Crippen molar-refractivity contribution >= 4 is 17.2 Å². The number of nitrogens with zero attached hydrogens (tertiary/aromatic N) is 1. The van der Waals surface area contributed by atoms with E-state index in [2.05, 4.69) is 10.3 Å². The third kappa shape index (κ3) is 2.98. The number of carbonyl (C=O) groups is 1. The lowest BCUT2D eigenvalue weighted by Gasteiger charge is -2.06. The highest BCUT2D eigenvalue weighted by molar-refractivity contribution is 7.07. The molecule has 2 rings (SSSR count). The fraction of sp³-hybridized carbons (Fsp3) is 0.167. The summed E-state index contributed by atoms with van der Waals surface area (Å²) in [7, 11) is 0. The van der Waals surface area contributed by atoms with Gasteiger partial charge in [0.05, 0.1) is 16.8 Å². The molecule has 6 heteroatoms. The third-order valence-corrected chi connectivity index (χ3v) is 3.01. The number of thiazole rings is 1. The zero-order valence-electron chi connectivity index (χ0n) is 9.46. The van der Waals surface area contributed by atoms with Gasteiger partial charge in [0.1, 0.15) is 11.5 Å². The minimum Gasteiger partial charge on any atom is -0.508 e. The van der Waals surface area contributed by atoms with Gasteiger partial charge in [0.15, 0.2) is 0 Å². The lowest BCUT2D eigenvalue weighted by molar-refractivity contribution is 0.0951. The van der Waals surface area contributed by atoms with Crippen molar-refractivity contribution in [3.8, 4) is 11.5 Å². The zero-order chi connectivity index (χ0) is 13.0. The maximum Gasteiger partial charge on any atom is 0.255 e. The summed E-state index contributed by atoms with van der Waals surface area (Å²) in [5, 5.41) is 23.2. The number of rotatable bonds is 4. The fourth-order valence-corrected chi connectivity index (χ4v) is 2.07. The molecule has 18 heavy (non-hydrogen) atoms. The molecule has 5 nitrogen and oxygen atoms in total. The van der Waals surface area contributed by atoms with Crippen molar-refractivity contribution in [1.82, 2.24) is 10.3 Å². The molecule has 0 saturated carbocycles. The molecule has 0 aliphatic carbocycles. The van der Waals surface area contributed by atoms with Crippen LogP contribution in [0.1, 0.15) is 16.1 Å². The topological polar surface area (TPSA) is 82.5 Å². The van der Waals surface area contributed by atoms with Crippen LogP contribution >= 0.6 is 11.3 Å². The van der Waals surface area contributed by atoms with Crippen molar-refractivity contribution in [3.63, 3.8) is 0 Å². The molecule has 0 fully saturated rings. The zero-order valence-corrected chi connectivity index (χ0v) is 10.3. The van der Waals surface area contributed by atoms with E-state index < -0.39 is 0 Å². The van der Waals surface area contributed by atoms with Crippen LogP contribution in [-0.4, -0.2) is 27.6 Å². The molecule has 1 aromatic heterocycles. The smallest absolute Gasteiger partial charge is 0.255 e. The predicted molar refractivity (Wildman–Crippen MR) is 67.9 cm³/mol. The van der Waals surface area contributed by atoms with Crippen LogP contribution in [0.2, 0.25) is 0 Å². The van der Waals surface area contributed by atoms with Crippen molar-refractivity contribution in [2.45, 2.75) is 6.42 Å². The molecular formula is C12H12N2O3S. The van der Waals surface area contributed by atoms with Gasteiger partial charge in [0.2, 0.25) is 0 Å². The summed E-state index contributed by atoms with van der Waals surface area (Å²) in [6.07, 6.45) is 0.647. The molecule has 2 aromatic rings. The molecule has 1 aromatic carbocycles. The normalized spacial score (nSPS) is 10.2. The molecule has 1 amide bonds. The van der Waals surface area contributed by atoms with Crippen LogP contribution in [0.4, 0.5) is 0 Å². The minimum absolute atomic E-state index is 0.0773. The van der Waals surface area contributed by atoms with E-state index in [4.69, 9.17) is 5.11 Å². The summed E-state index contributed by atoms with van der Waals surface area (Å²) in [5.74, 6) is -0.685. The fourth-order valence-electron chi connectivity index (χ4n) is 1.47. The van der Waals surface area contributed by atoms with Crippen molar-refractivity contribution in [1.29, 1.82) is 0 Å². The number of phenolic OH excluding ortho intramolecular Hbond substituents is 2. The molecular weight excluding hydrogens is 252 g/mol. The number of hydrogen-bond acceptors (Lipinski definition) is 5. The summed E-state index contributed by atoms with van der Waals surface area (Å²) in [6, 6.07) is 3.87. The molecule has 0 aliphatic rings. The molecule has 0 saturated heterocycles. The van der Waals surface area contributed by atoms with Gasteiger partial charge >= 0.3 is 0 Å². The van der Waals surface area contributed by atoms with E-state index in [0.717, 1.165) is 11.8 Å². The van der Waals surface area contributed by atoms with E-state index >= 15 is 0 Å². The SMILES string of the molecule is O=C(NCCc1cscn1)c1ccc(O)cc1O. The average molecular weight is 264 g/mol. The van der Waals surface area contributed by atoms with Crippen LogP contribution in [0, 0.1) is 0 Å². The Morgan fingerprint density at radius 2 is 2.22 bits per heavy atom. The van der Waals surface area contributed by atoms with Gasteiger partial charge in [-0.15, -0.1) is 11.3 Å². The molecule has 94 valence electrons. The Morgan fingerprint density at radius 1 is 1.39 bits per heavy atom. The first kappa shape index (κ1) is 12.4. The van der Waals surface area contributed by atoms with Crippen molar-refractivity contribution in [2.24, 2.45) is 0 Å². The van der Waals surface area contributed by atoms with E-state index in [1.807, 2.05) is 5.38 Å². The quantitative estimate of drug-likeness (QED) is 0.782. The molecule has 1 heterocycles. The van der Waals surface area contributed by atoms with Crippen LogP contribution in [0.3, 0.4) is 0 Å². The van der Waals surface area contributed by atoms with E-state index in [9.17, 15) is 9.90 Å². The molecule has 0 radical (unpaired) electrons. The second-order valence-electron chi connectivity index (χ2n) is 3.69. The largest absolute Gasteiger partial charge is 0.508 e. The highest BCUT2D eigenvalue weighted by Crippen LogP contribution is 2.22. The first-order valence-electron chi connectivity index (χ1n) is 5.34. The van der Waals surface area contributed by atoms with Gasteiger partial charge in [0.25, 0.3) is 5.91 Å². The van der Waals surface area contributed by atoms with Crippen LogP contribution in [0.25, 0.3) is 0 Å². The Morgan fingerprint density at radius 3 is 2.89 bits per heavy atom. The predicted octanol–water partition coefficient (Wildman–Crippen LogP) is 1.53. The summed E-state index contributed by atoms with van der Waals surface area (Å²) in [4.78, 5) is 15.8. The number of carbonyl (C=O) groups excluding carboxylic acids is 1. The van der Waals surface area contributed by atoms with Gasteiger partial charge in [-0.2, -0.15) is 0 Å². The summed E-state index contributed by atoms with van der Waals surface area (Å²) < 4.78 is 0. The van der Waals surface area contributed by atoms with Gasteiger partial charge in [-0.05, 0) is 12.1 Å². The summed E-state index contributed by atoms with van der Waals surface area (Å²) in [6.45, 7) is 0.447. The first-order chi connectivity index (χ1) is 8.66. The Labute approximate surface area is 108 Å². The maximum absolute atomic E-state index is 11.7. The molecule has 0 atom stereocenters. The van der Waals surface area contributed by atoms with Gasteiger partial charge in [-0.25, -0.2) is 4.98 Å². The molecule has 0 bridgehead atoms. The second kappa shape index (κ2) is 5.50. The van der Waals surface area contributed by atoms with Crippen molar-refractivity contribution in [3.05, 3.63) is 40.3 Å². The second-order valence-corrected chi connectivity index (χ2v) is 4.41. The highest BCUT2D eigenvalue weighted by Gasteiger charge is 2.10. The van der Waals surface area contributed by atoms with Gasteiger partial charge < -0.3 is 15.5 Å². The lowest BCUT2D eigenvalue weighted by Crippen LogP contribution is -2.25. The Bertz CT molecular complexity index is 540. The van der Waals surface area contributed by atoms with E-state index in [1.54, 1.807) is 5.51 Å². The number of phenols is 2. The van der Waals surface area contributed by atoms with Crippen LogP contribution in [0.15, 0.2) is 29.1 Å². The number of benzene rings is 1. The van der Waals surface area contributed by atoms with Gasteiger partial charge in [-0.3, -0.25) is 4.79 Å². The van der Waals surface area contributed by atoms with Crippen LogP contribution in [0.5, 0.6) is 11.5 Å². The lowest BCUT2D eigenvalue weighted by atomic mass is 10.1. The monoisotopic (exact) mass is 264 g/mol. The maximum atomic E-state index is 11.7. The molecule has 0 spiro atoms. The van der Waals surface area contributed by atoms with E-state index in [0.29, 0.717) is 13.0 Å². The number of aromatic hydroxyl groups is 2. The van der Waals surface area contributed by atoms with Crippen LogP contribution < -0.4 is 5.32 Å². The molecule has 0 aliphatic heterocycles. The summed E-state index contributed by atoms with van der Waals surface area (Å²) >= 11 is 1.51. The molecule has 0 unspecified atom stereocenters. The standard InChI is InChI=1S/C12H12N2O3S/c15-9-1-2-10(11(16)5-9)12(17)13-4-3-8-6-18-7-14-8/h1-2,5-7,15-16H,3-4H2,(H,13,17). The Balaban J connectivity index is 1.91. The van der Waals surface area contributed by atoms with Crippen molar-refractivity contribution < 1.29 is 15.0 Å². The van der Waals surface area contributed by atoms with Gasteiger partial charge in [-0.1, -0.05) is 0 Å². The number of nitrogens with one attached hydrogen (secondary N) is 1. The van der Waals surface area contributed by atoms with Crippen molar-refractivity contribution in [2.75, 3.05) is 6.54 Å². The van der Waals surface area contributed by atoms with E-state index in [-0.39, 0.29) is 23.0 Å². The molecule has 3 N–H and O–H groups in total. The number of amides is 1. The average Bonchev–Trinajstić information content (AvgIpc) is 2.81. The van der Waals surface area contributed by atoms with E-state index in [1.165, 1.54) is 23.5 Å². The highest BCUT2D eigenvalue weighted by atomic mass is 32.1. The summed E-state index contributed by atoms with van der Waals surface area (Å²) in [5.41, 5.74) is 2.81. The first-order valence-corrected chi connectivity index (χ1v) is 6.28. The van der Waals surface area contributed by atoms with Gasteiger partial charge in [0, 0.05) is 24.4 Å².